The number of hydrogen-bond acceptors (Lipinski definition) is 3. The molecule has 0 aromatic heterocycles. The van der Waals surface area contributed by atoms with Crippen LogP contribution >= 0.6 is 0 Å². The summed E-state index contributed by atoms with van der Waals surface area (Å²) in [6.07, 6.45) is 0. The Hall–Kier alpha value is -1.88. The molecule has 3 amide bonds. The highest BCUT2D eigenvalue weighted by molar-refractivity contribution is 6.01. The normalized spacial score (nSPS) is 17.0. The van der Waals surface area contributed by atoms with Crippen LogP contribution in [0, 0.1) is 13.8 Å². The van der Waals surface area contributed by atoms with E-state index in [4.69, 9.17) is 0 Å². The average molecular weight is 275 g/mol. The standard InChI is InChI=1S/C15H21N3O2/c1-10-5-6-12(7-11(10)2)13(16-3)8-18-14(19)9-17(4)15(18)20/h5-7,13,16H,8-9H2,1-4H3. The number of aryl methyl sites for hydroxylation is 2. The predicted octanol–water partition coefficient (Wildman–Crippen LogP) is 1.46. The van der Waals surface area contributed by atoms with Crippen LogP contribution in [0.4, 0.5) is 4.79 Å². The molecule has 0 aliphatic carbocycles. The van der Waals surface area contributed by atoms with Crippen LogP contribution < -0.4 is 5.32 Å². The van der Waals surface area contributed by atoms with Crippen LogP contribution in [-0.4, -0.2) is 48.9 Å². The third kappa shape index (κ3) is 2.67. The number of imide groups is 1. The molecule has 1 saturated heterocycles. The van der Waals surface area contributed by atoms with E-state index in [0.717, 1.165) is 5.56 Å². The second-order valence-corrected chi connectivity index (χ2v) is 5.33. The van der Waals surface area contributed by atoms with E-state index in [-0.39, 0.29) is 24.5 Å². The van der Waals surface area contributed by atoms with E-state index >= 15 is 0 Å². The van der Waals surface area contributed by atoms with Crippen LogP contribution in [0.3, 0.4) is 0 Å². The van der Waals surface area contributed by atoms with Gasteiger partial charge < -0.3 is 10.2 Å². The highest BCUT2D eigenvalue weighted by Crippen LogP contribution is 2.20. The van der Waals surface area contributed by atoms with Gasteiger partial charge in [-0.15, -0.1) is 0 Å². The lowest BCUT2D eigenvalue weighted by Gasteiger charge is -2.23. The Morgan fingerprint density at radius 3 is 2.45 bits per heavy atom. The van der Waals surface area contributed by atoms with Crippen molar-refractivity contribution in [2.24, 2.45) is 0 Å². The SMILES string of the molecule is CNC(CN1C(=O)CN(C)C1=O)c1ccc(C)c(C)c1. The molecule has 2 rings (SSSR count). The van der Waals surface area contributed by atoms with Crippen molar-refractivity contribution in [2.75, 3.05) is 27.2 Å². The quantitative estimate of drug-likeness (QED) is 0.846. The smallest absolute Gasteiger partial charge is 0.318 e. The van der Waals surface area contributed by atoms with Gasteiger partial charge in [0.15, 0.2) is 0 Å². The van der Waals surface area contributed by atoms with Crippen LogP contribution in [0.15, 0.2) is 18.2 Å². The summed E-state index contributed by atoms with van der Waals surface area (Å²) in [4.78, 5) is 26.5. The third-order valence-electron chi connectivity index (χ3n) is 3.88. The minimum absolute atomic E-state index is 0.0475. The Morgan fingerprint density at radius 2 is 1.95 bits per heavy atom. The number of nitrogens with one attached hydrogen (secondary N) is 1. The van der Waals surface area contributed by atoms with Crippen molar-refractivity contribution in [3.05, 3.63) is 34.9 Å². The van der Waals surface area contributed by atoms with Crippen LogP contribution in [-0.2, 0) is 4.79 Å². The molecule has 108 valence electrons. The molecule has 1 aliphatic rings. The Kier molecular flexibility index (Phi) is 4.09. The molecule has 1 aromatic rings. The van der Waals surface area contributed by atoms with E-state index in [2.05, 4.69) is 31.3 Å². The number of carbonyl (C=O) groups is 2. The highest BCUT2D eigenvalue weighted by Gasteiger charge is 2.34. The van der Waals surface area contributed by atoms with Gasteiger partial charge >= 0.3 is 6.03 Å². The van der Waals surface area contributed by atoms with Crippen molar-refractivity contribution in [2.45, 2.75) is 19.9 Å². The van der Waals surface area contributed by atoms with Gasteiger partial charge in [0.2, 0.25) is 5.91 Å². The lowest BCUT2D eigenvalue weighted by Crippen LogP contribution is -2.38. The molecule has 1 atom stereocenters. The van der Waals surface area contributed by atoms with E-state index < -0.39 is 0 Å². The number of nitrogens with zero attached hydrogens (tertiary/aromatic N) is 2. The molecule has 1 heterocycles. The number of benzene rings is 1. The number of carbonyl (C=O) groups excluding carboxylic acids is 2. The van der Waals surface area contributed by atoms with Crippen molar-refractivity contribution in [3.8, 4) is 0 Å². The second-order valence-electron chi connectivity index (χ2n) is 5.33. The molecule has 5 heteroatoms. The van der Waals surface area contributed by atoms with Gasteiger partial charge in [0.1, 0.15) is 6.54 Å². The summed E-state index contributed by atoms with van der Waals surface area (Å²) in [6.45, 7) is 4.66. The third-order valence-corrected chi connectivity index (χ3v) is 3.88. The zero-order chi connectivity index (χ0) is 14.9. The lowest BCUT2D eigenvalue weighted by atomic mass is 10.0. The summed E-state index contributed by atoms with van der Waals surface area (Å²) in [5.41, 5.74) is 3.53. The fourth-order valence-corrected chi connectivity index (χ4v) is 2.38. The Morgan fingerprint density at radius 1 is 1.25 bits per heavy atom. The number of amides is 3. The van der Waals surface area contributed by atoms with Gasteiger partial charge in [-0.2, -0.15) is 0 Å². The van der Waals surface area contributed by atoms with Crippen LogP contribution in [0.5, 0.6) is 0 Å². The summed E-state index contributed by atoms with van der Waals surface area (Å²) in [6, 6.07) is 5.94. The van der Waals surface area contributed by atoms with Crippen molar-refractivity contribution < 1.29 is 9.59 Å². The van der Waals surface area contributed by atoms with Crippen LogP contribution in [0.25, 0.3) is 0 Å². The first-order valence-electron chi connectivity index (χ1n) is 6.74. The number of likely N-dealkylation sites (N-methyl/N-ethyl adjacent to an activating group) is 2. The van der Waals surface area contributed by atoms with E-state index in [9.17, 15) is 9.59 Å². The largest absolute Gasteiger partial charge is 0.327 e. The van der Waals surface area contributed by atoms with Gasteiger partial charge in [-0.1, -0.05) is 18.2 Å². The number of rotatable bonds is 4. The molecule has 0 spiro atoms. The first kappa shape index (κ1) is 14.5. The summed E-state index contributed by atoms with van der Waals surface area (Å²) in [5.74, 6) is -0.137. The number of urea groups is 1. The molecule has 1 unspecified atom stereocenters. The minimum Gasteiger partial charge on any atom is -0.318 e. The highest BCUT2D eigenvalue weighted by atomic mass is 16.2. The maximum absolute atomic E-state index is 11.9. The summed E-state index contributed by atoms with van der Waals surface area (Å²) < 4.78 is 0. The van der Waals surface area contributed by atoms with Crippen molar-refractivity contribution >= 4 is 11.9 Å². The molecule has 1 N–H and O–H groups in total. The zero-order valence-corrected chi connectivity index (χ0v) is 12.4. The first-order chi connectivity index (χ1) is 9.43. The fraction of sp³-hybridized carbons (Fsp3) is 0.467. The molecule has 5 nitrogen and oxygen atoms in total. The average Bonchev–Trinajstić information content (AvgIpc) is 2.65. The molecular formula is C15H21N3O2. The first-order valence-corrected chi connectivity index (χ1v) is 6.74. The fourth-order valence-electron chi connectivity index (χ4n) is 2.38. The zero-order valence-electron chi connectivity index (χ0n) is 12.4. The number of hydrogen-bond donors (Lipinski definition) is 1. The van der Waals surface area contributed by atoms with Crippen molar-refractivity contribution in [1.29, 1.82) is 0 Å². The molecule has 0 bridgehead atoms. The minimum atomic E-state index is -0.223. The summed E-state index contributed by atoms with van der Waals surface area (Å²) in [5, 5.41) is 3.18. The monoisotopic (exact) mass is 275 g/mol. The van der Waals surface area contributed by atoms with Gasteiger partial charge in [-0.3, -0.25) is 9.69 Å². The van der Waals surface area contributed by atoms with Gasteiger partial charge in [0, 0.05) is 13.6 Å². The molecule has 0 saturated carbocycles. The Labute approximate surface area is 119 Å². The van der Waals surface area contributed by atoms with E-state index in [0.29, 0.717) is 6.54 Å². The molecule has 20 heavy (non-hydrogen) atoms. The topological polar surface area (TPSA) is 52.7 Å². The van der Waals surface area contributed by atoms with Crippen molar-refractivity contribution in [3.63, 3.8) is 0 Å². The molecule has 0 radical (unpaired) electrons. The van der Waals surface area contributed by atoms with E-state index in [1.165, 1.54) is 20.9 Å². The molecule has 1 fully saturated rings. The Balaban J connectivity index is 2.19. The van der Waals surface area contributed by atoms with Gasteiger partial charge in [-0.05, 0) is 37.6 Å². The summed E-state index contributed by atoms with van der Waals surface area (Å²) in [7, 11) is 3.49. The maximum atomic E-state index is 11.9. The van der Waals surface area contributed by atoms with Gasteiger partial charge in [-0.25, -0.2) is 4.79 Å². The van der Waals surface area contributed by atoms with Gasteiger partial charge in [0.25, 0.3) is 0 Å². The lowest BCUT2D eigenvalue weighted by molar-refractivity contribution is -0.125. The van der Waals surface area contributed by atoms with Gasteiger partial charge in [0.05, 0.1) is 6.04 Å². The van der Waals surface area contributed by atoms with E-state index in [1.54, 1.807) is 7.05 Å². The van der Waals surface area contributed by atoms with Crippen LogP contribution in [0.1, 0.15) is 22.7 Å². The predicted molar refractivity (Wildman–Crippen MR) is 77.5 cm³/mol. The molecule has 1 aromatic carbocycles. The maximum Gasteiger partial charge on any atom is 0.327 e. The Bertz CT molecular complexity index is 542. The summed E-state index contributed by atoms with van der Waals surface area (Å²) >= 11 is 0. The van der Waals surface area contributed by atoms with Crippen LogP contribution in [0.2, 0.25) is 0 Å². The molecular weight excluding hydrogens is 254 g/mol. The van der Waals surface area contributed by atoms with E-state index in [1.807, 2.05) is 13.1 Å². The second kappa shape index (κ2) is 5.63. The molecule has 1 aliphatic heterocycles. The van der Waals surface area contributed by atoms with Crippen molar-refractivity contribution in [1.82, 2.24) is 15.1 Å².